The van der Waals surface area contributed by atoms with Gasteiger partial charge in [0.2, 0.25) is 11.9 Å². The van der Waals surface area contributed by atoms with E-state index in [1.54, 1.807) is 0 Å². The normalized spacial score (nSPS) is 10.2. The van der Waals surface area contributed by atoms with E-state index in [-0.39, 0.29) is 18.1 Å². The highest BCUT2D eigenvalue weighted by Gasteiger charge is 2.19. The van der Waals surface area contributed by atoms with Crippen LogP contribution in [0.3, 0.4) is 0 Å². The molecule has 0 aliphatic carbocycles. The molecular weight excluding hydrogens is 261 g/mol. The highest BCUT2D eigenvalue weighted by Crippen LogP contribution is 2.04. The number of aromatic nitrogens is 1. The lowest BCUT2D eigenvalue weighted by Crippen LogP contribution is -2.41. The Hall–Kier alpha value is -1.98. The zero-order valence-corrected chi connectivity index (χ0v) is 11.9. The summed E-state index contributed by atoms with van der Waals surface area (Å²) in [4.78, 5) is 28.8. The highest BCUT2D eigenvalue weighted by molar-refractivity contribution is 5.94. The van der Waals surface area contributed by atoms with Crippen molar-refractivity contribution < 1.29 is 14.0 Å². The molecule has 0 spiro atoms. The maximum atomic E-state index is 13.0. The molecular formula is C14H20FN3O2. The van der Waals surface area contributed by atoms with E-state index in [1.807, 2.05) is 13.8 Å². The fourth-order valence-corrected chi connectivity index (χ4v) is 1.71. The maximum Gasteiger partial charge on any atom is 0.273 e. The van der Waals surface area contributed by atoms with Gasteiger partial charge in [-0.3, -0.25) is 9.59 Å². The van der Waals surface area contributed by atoms with Crippen molar-refractivity contribution in [2.75, 3.05) is 19.6 Å². The molecule has 1 aromatic rings. The Labute approximate surface area is 118 Å². The summed E-state index contributed by atoms with van der Waals surface area (Å²) in [6.07, 6.45) is 1.54. The average molecular weight is 281 g/mol. The molecule has 0 saturated heterocycles. The first-order chi connectivity index (χ1) is 9.58. The topological polar surface area (TPSA) is 62.3 Å². The third-order valence-corrected chi connectivity index (χ3v) is 2.62. The molecule has 20 heavy (non-hydrogen) atoms. The largest absolute Gasteiger partial charge is 0.355 e. The molecule has 0 aliphatic heterocycles. The number of pyridine rings is 1. The molecule has 1 N–H and O–H groups in total. The van der Waals surface area contributed by atoms with Crippen molar-refractivity contribution in [1.29, 1.82) is 0 Å². The standard InChI is InChI=1S/C14H20FN3O2/c1-3-8-16-13(19)10-18(9-4-2)14(20)11-6-5-7-12(15)17-11/h5-7H,3-4,8-10H2,1-2H3,(H,16,19). The summed E-state index contributed by atoms with van der Waals surface area (Å²) in [6, 6.07) is 4.05. The van der Waals surface area contributed by atoms with Gasteiger partial charge in [0.05, 0.1) is 6.54 Å². The van der Waals surface area contributed by atoms with Crippen LogP contribution in [-0.2, 0) is 4.79 Å². The molecule has 5 nitrogen and oxygen atoms in total. The molecule has 110 valence electrons. The Bertz CT molecular complexity index is 465. The van der Waals surface area contributed by atoms with Crippen LogP contribution in [0.25, 0.3) is 0 Å². The molecule has 2 amide bonds. The van der Waals surface area contributed by atoms with E-state index in [4.69, 9.17) is 0 Å². The van der Waals surface area contributed by atoms with Gasteiger partial charge < -0.3 is 10.2 Å². The fraction of sp³-hybridized carbons (Fsp3) is 0.500. The van der Waals surface area contributed by atoms with E-state index in [0.29, 0.717) is 19.5 Å². The lowest BCUT2D eigenvalue weighted by atomic mass is 10.3. The first-order valence-electron chi connectivity index (χ1n) is 6.77. The van der Waals surface area contributed by atoms with Crippen molar-refractivity contribution in [3.63, 3.8) is 0 Å². The lowest BCUT2D eigenvalue weighted by Gasteiger charge is -2.21. The zero-order chi connectivity index (χ0) is 15.0. The van der Waals surface area contributed by atoms with Crippen LogP contribution in [0.4, 0.5) is 4.39 Å². The summed E-state index contributed by atoms with van der Waals surface area (Å²) in [5.74, 6) is -1.36. The molecule has 0 unspecified atom stereocenters. The van der Waals surface area contributed by atoms with Crippen molar-refractivity contribution in [3.8, 4) is 0 Å². The van der Waals surface area contributed by atoms with E-state index < -0.39 is 11.9 Å². The van der Waals surface area contributed by atoms with Crippen molar-refractivity contribution in [2.45, 2.75) is 26.7 Å². The van der Waals surface area contributed by atoms with Crippen LogP contribution in [-0.4, -0.2) is 41.3 Å². The molecule has 0 saturated carbocycles. The van der Waals surface area contributed by atoms with Crippen molar-refractivity contribution >= 4 is 11.8 Å². The van der Waals surface area contributed by atoms with Crippen LogP contribution in [0.5, 0.6) is 0 Å². The maximum absolute atomic E-state index is 13.0. The number of nitrogens with one attached hydrogen (secondary N) is 1. The Balaban J connectivity index is 2.74. The minimum atomic E-state index is -0.706. The Morgan fingerprint density at radius 1 is 1.30 bits per heavy atom. The average Bonchev–Trinajstić information content (AvgIpc) is 2.44. The second kappa shape index (κ2) is 8.24. The molecule has 1 rings (SSSR count). The minimum Gasteiger partial charge on any atom is -0.355 e. The number of hydrogen-bond acceptors (Lipinski definition) is 3. The van der Waals surface area contributed by atoms with Gasteiger partial charge in [-0.15, -0.1) is 0 Å². The lowest BCUT2D eigenvalue weighted by molar-refractivity contribution is -0.121. The van der Waals surface area contributed by atoms with Gasteiger partial charge >= 0.3 is 0 Å². The molecule has 6 heteroatoms. The van der Waals surface area contributed by atoms with Gasteiger partial charge in [0.1, 0.15) is 5.69 Å². The van der Waals surface area contributed by atoms with Gasteiger partial charge in [0.25, 0.3) is 5.91 Å². The van der Waals surface area contributed by atoms with Crippen molar-refractivity contribution in [3.05, 3.63) is 29.8 Å². The second-order valence-corrected chi connectivity index (χ2v) is 4.42. The van der Waals surface area contributed by atoms with Gasteiger partial charge in [-0.2, -0.15) is 4.39 Å². The quantitative estimate of drug-likeness (QED) is 0.772. The summed E-state index contributed by atoms with van der Waals surface area (Å²) in [5, 5.41) is 2.71. The zero-order valence-electron chi connectivity index (χ0n) is 11.9. The smallest absolute Gasteiger partial charge is 0.273 e. The van der Waals surface area contributed by atoms with Gasteiger partial charge in [0.15, 0.2) is 0 Å². The third kappa shape index (κ3) is 4.95. The number of carbonyl (C=O) groups is 2. The van der Waals surface area contributed by atoms with E-state index in [9.17, 15) is 14.0 Å². The van der Waals surface area contributed by atoms with E-state index in [1.165, 1.54) is 23.1 Å². The van der Waals surface area contributed by atoms with E-state index in [2.05, 4.69) is 10.3 Å². The van der Waals surface area contributed by atoms with Crippen molar-refractivity contribution in [1.82, 2.24) is 15.2 Å². The van der Waals surface area contributed by atoms with E-state index >= 15 is 0 Å². The van der Waals surface area contributed by atoms with Gasteiger partial charge in [-0.25, -0.2) is 4.98 Å². The first kappa shape index (κ1) is 16.1. The van der Waals surface area contributed by atoms with Crippen LogP contribution in [0, 0.1) is 5.95 Å². The van der Waals surface area contributed by atoms with Crippen LogP contribution < -0.4 is 5.32 Å². The summed E-state index contributed by atoms with van der Waals surface area (Å²) in [6.45, 7) is 4.82. The molecule has 0 aliphatic rings. The van der Waals surface area contributed by atoms with Crippen LogP contribution >= 0.6 is 0 Å². The number of carbonyl (C=O) groups excluding carboxylic acids is 2. The van der Waals surface area contributed by atoms with Gasteiger partial charge in [-0.1, -0.05) is 19.9 Å². The molecule has 1 heterocycles. The van der Waals surface area contributed by atoms with Gasteiger partial charge in [-0.05, 0) is 25.0 Å². The molecule has 0 fully saturated rings. The SMILES string of the molecule is CCCNC(=O)CN(CCC)C(=O)c1cccc(F)n1. The monoisotopic (exact) mass is 281 g/mol. The minimum absolute atomic E-state index is 0.0155. The molecule has 0 atom stereocenters. The highest BCUT2D eigenvalue weighted by atomic mass is 19.1. The van der Waals surface area contributed by atoms with Gasteiger partial charge in [0, 0.05) is 13.1 Å². The number of halogens is 1. The molecule has 1 aromatic heterocycles. The van der Waals surface area contributed by atoms with Crippen molar-refractivity contribution in [2.24, 2.45) is 0 Å². The molecule has 0 radical (unpaired) electrons. The van der Waals surface area contributed by atoms with Crippen LogP contribution in [0.2, 0.25) is 0 Å². The number of nitrogens with zero attached hydrogens (tertiary/aromatic N) is 2. The fourth-order valence-electron chi connectivity index (χ4n) is 1.71. The Morgan fingerprint density at radius 2 is 2.05 bits per heavy atom. The summed E-state index contributed by atoms with van der Waals surface area (Å²) in [7, 11) is 0. The molecule has 0 aromatic carbocycles. The number of amides is 2. The predicted octanol–water partition coefficient (Wildman–Crippen LogP) is 1.60. The predicted molar refractivity (Wildman–Crippen MR) is 73.7 cm³/mol. The second-order valence-electron chi connectivity index (χ2n) is 4.42. The summed E-state index contributed by atoms with van der Waals surface area (Å²) < 4.78 is 13.0. The molecule has 0 bridgehead atoms. The van der Waals surface area contributed by atoms with Crippen LogP contribution in [0.1, 0.15) is 37.2 Å². The summed E-state index contributed by atoms with van der Waals surface area (Å²) >= 11 is 0. The van der Waals surface area contributed by atoms with Crippen LogP contribution in [0.15, 0.2) is 18.2 Å². The number of rotatable bonds is 7. The summed E-state index contributed by atoms with van der Waals surface area (Å²) in [5.41, 5.74) is 0.0155. The first-order valence-corrected chi connectivity index (χ1v) is 6.77. The van der Waals surface area contributed by atoms with E-state index in [0.717, 1.165) is 6.42 Å². The Kier molecular flexibility index (Phi) is 6.63. The Morgan fingerprint density at radius 3 is 2.65 bits per heavy atom. The number of hydrogen-bond donors (Lipinski definition) is 1. The third-order valence-electron chi connectivity index (χ3n) is 2.62.